The van der Waals surface area contributed by atoms with Gasteiger partial charge in [-0.25, -0.2) is 9.78 Å². The van der Waals surface area contributed by atoms with Crippen LogP contribution in [-0.4, -0.2) is 46.9 Å². The summed E-state index contributed by atoms with van der Waals surface area (Å²) in [5.74, 6) is 0.688. The number of aromatic carboxylic acids is 1. The van der Waals surface area contributed by atoms with E-state index in [1.54, 1.807) is 41.2 Å². The number of aromatic nitrogens is 3. The van der Waals surface area contributed by atoms with Crippen LogP contribution in [0.3, 0.4) is 0 Å². The van der Waals surface area contributed by atoms with Gasteiger partial charge in [0.25, 0.3) is 0 Å². The number of benzene rings is 2. The first-order valence-electron chi connectivity index (χ1n) is 9.49. The van der Waals surface area contributed by atoms with Crippen molar-refractivity contribution in [2.24, 2.45) is 0 Å². The van der Waals surface area contributed by atoms with Gasteiger partial charge in [-0.2, -0.15) is 4.98 Å². The van der Waals surface area contributed by atoms with E-state index in [9.17, 15) is 9.90 Å². The highest BCUT2D eigenvalue weighted by molar-refractivity contribution is 5.94. The first kappa shape index (κ1) is 20.8. The fourth-order valence-electron chi connectivity index (χ4n) is 3.35. The SMILES string of the molecule is COc1cc(Nc2ncc3ccn(-c4ccc(N)c(C(=O)O)c4)c3n2)cc(OC)c1OC. The number of fused-ring (bicyclic) bond motifs is 1. The molecule has 0 aliphatic rings. The van der Waals surface area contributed by atoms with Crippen LogP contribution in [0.2, 0.25) is 0 Å². The molecule has 0 amide bonds. The highest BCUT2D eigenvalue weighted by Crippen LogP contribution is 2.40. The van der Waals surface area contributed by atoms with Gasteiger partial charge in [-0.15, -0.1) is 0 Å². The number of methoxy groups -OCH3 is 3. The largest absolute Gasteiger partial charge is 0.493 e. The number of nitrogen functional groups attached to an aromatic ring is 1. The van der Waals surface area contributed by atoms with E-state index in [-0.39, 0.29) is 11.3 Å². The first-order chi connectivity index (χ1) is 15.4. The molecule has 10 nitrogen and oxygen atoms in total. The molecular weight excluding hydrogens is 414 g/mol. The predicted octanol–water partition coefficient (Wildman–Crippen LogP) is 3.47. The Morgan fingerprint density at radius 2 is 1.78 bits per heavy atom. The molecule has 4 N–H and O–H groups in total. The van der Waals surface area contributed by atoms with Crippen LogP contribution >= 0.6 is 0 Å². The molecule has 0 unspecified atom stereocenters. The monoisotopic (exact) mass is 435 g/mol. The molecule has 10 heteroatoms. The average Bonchev–Trinajstić information content (AvgIpc) is 3.21. The summed E-state index contributed by atoms with van der Waals surface area (Å²) >= 11 is 0. The van der Waals surface area contributed by atoms with Crippen molar-refractivity contribution in [3.63, 3.8) is 0 Å². The fraction of sp³-hybridized carbons (Fsp3) is 0.136. The molecule has 0 saturated heterocycles. The van der Waals surface area contributed by atoms with Crippen molar-refractivity contribution >= 4 is 34.3 Å². The summed E-state index contributed by atoms with van der Waals surface area (Å²) in [7, 11) is 4.61. The average molecular weight is 435 g/mol. The van der Waals surface area contributed by atoms with Gasteiger partial charge in [0.1, 0.15) is 5.65 Å². The molecule has 0 aliphatic carbocycles. The van der Waals surface area contributed by atoms with Gasteiger partial charge >= 0.3 is 5.97 Å². The molecule has 2 heterocycles. The van der Waals surface area contributed by atoms with Gasteiger partial charge in [0.15, 0.2) is 11.5 Å². The van der Waals surface area contributed by atoms with Crippen LogP contribution in [0.15, 0.2) is 48.8 Å². The molecule has 4 rings (SSSR count). The Morgan fingerprint density at radius 1 is 1.06 bits per heavy atom. The molecule has 0 bridgehead atoms. The smallest absolute Gasteiger partial charge is 0.337 e. The van der Waals surface area contributed by atoms with E-state index in [2.05, 4.69) is 15.3 Å². The molecule has 32 heavy (non-hydrogen) atoms. The summed E-state index contributed by atoms with van der Waals surface area (Å²) in [5, 5.41) is 13.3. The molecule has 2 aromatic heterocycles. The Hall–Kier alpha value is -4.47. The van der Waals surface area contributed by atoms with E-state index in [4.69, 9.17) is 19.9 Å². The quantitative estimate of drug-likeness (QED) is 0.373. The first-order valence-corrected chi connectivity index (χ1v) is 9.49. The minimum Gasteiger partial charge on any atom is -0.493 e. The number of carbonyl (C=O) groups is 1. The molecule has 0 saturated carbocycles. The zero-order valence-electron chi connectivity index (χ0n) is 17.6. The van der Waals surface area contributed by atoms with E-state index in [0.29, 0.717) is 40.2 Å². The molecule has 0 aliphatic heterocycles. The summed E-state index contributed by atoms with van der Waals surface area (Å²) in [6.45, 7) is 0. The van der Waals surface area contributed by atoms with Crippen molar-refractivity contribution in [1.82, 2.24) is 14.5 Å². The second kappa shape index (κ2) is 8.34. The Balaban J connectivity index is 1.74. The molecule has 2 aromatic carbocycles. The number of anilines is 3. The van der Waals surface area contributed by atoms with Crippen LogP contribution in [0.4, 0.5) is 17.3 Å². The minimum absolute atomic E-state index is 0.0224. The van der Waals surface area contributed by atoms with Crippen molar-refractivity contribution in [3.05, 3.63) is 54.4 Å². The zero-order valence-corrected chi connectivity index (χ0v) is 17.6. The Bertz CT molecular complexity index is 1290. The normalized spacial score (nSPS) is 10.7. The lowest BCUT2D eigenvalue weighted by molar-refractivity contribution is 0.0698. The van der Waals surface area contributed by atoms with Crippen molar-refractivity contribution < 1.29 is 24.1 Å². The zero-order chi connectivity index (χ0) is 22.8. The second-order valence-electron chi connectivity index (χ2n) is 6.77. The number of carboxylic acids is 1. The van der Waals surface area contributed by atoms with E-state index in [1.807, 2.05) is 6.07 Å². The van der Waals surface area contributed by atoms with Crippen molar-refractivity contribution in [1.29, 1.82) is 0 Å². The highest BCUT2D eigenvalue weighted by atomic mass is 16.5. The van der Waals surface area contributed by atoms with Crippen LogP contribution in [0.5, 0.6) is 17.2 Å². The lowest BCUT2D eigenvalue weighted by Crippen LogP contribution is -2.05. The molecule has 0 spiro atoms. The van der Waals surface area contributed by atoms with Gasteiger partial charge < -0.3 is 34.9 Å². The second-order valence-corrected chi connectivity index (χ2v) is 6.77. The summed E-state index contributed by atoms with van der Waals surface area (Å²) in [5.41, 5.74) is 7.84. The number of carboxylic acid groups (broad SMARTS) is 1. The van der Waals surface area contributed by atoms with E-state index in [1.165, 1.54) is 27.4 Å². The molecular formula is C22H21N5O5. The Kier molecular flexibility index (Phi) is 5.42. The van der Waals surface area contributed by atoms with Gasteiger partial charge in [-0.05, 0) is 24.3 Å². The number of hydrogen-bond donors (Lipinski definition) is 3. The fourth-order valence-corrected chi connectivity index (χ4v) is 3.35. The molecule has 0 atom stereocenters. The van der Waals surface area contributed by atoms with E-state index in [0.717, 1.165) is 5.39 Å². The van der Waals surface area contributed by atoms with E-state index < -0.39 is 5.97 Å². The number of nitrogens with zero attached hydrogens (tertiary/aromatic N) is 3. The topological polar surface area (TPSA) is 134 Å². The number of ether oxygens (including phenoxy) is 3. The maximum Gasteiger partial charge on any atom is 0.337 e. The lowest BCUT2D eigenvalue weighted by atomic mass is 10.1. The van der Waals surface area contributed by atoms with Gasteiger partial charge in [0, 0.05) is 47.0 Å². The standard InChI is InChI=1S/C22H21N5O5/c1-30-17-8-13(9-18(31-2)19(17)32-3)25-22-24-11-12-6-7-27(20(12)26-22)14-4-5-16(23)15(10-14)21(28)29/h4-11H,23H2,1-3H3,(H,28,29)(H,24,25,26). The van der Waals surface area contributed by atoms with E-state index >= 15 is 0 Å². The highest BCUT2D eigenvalue weighted by Gasteiger charge is 2.15. The predicted molar refractivity (Wildman–Crippen MR) is 120 cm³/mol. The number of nitrogens with two attached hydrogens (primary N) is 1. The maximum absolute atomic E-state index is 11.5. The van der Waals surface area contributed by atoms with Crippen molar-refractivity contribution in [2.45, 2.75) is 0 Å². The number of rotatable bonds is 7. The molecule has 4 aromatic rings. The maximum atomic E-state index is 11.5. The van der Waals surface area contributed by atoms with Crippen LogP contribution < -0.4 is 25.3 Å². The van der Waals surface area contributed by atoms with Crippen LogP contribution in [0.1, 0.15) is 10.4 Å². The van der Waals surface area contributed by atoms with Crippen molar-refractivity contribution in [2.75, 3.05) is 32.4 Å². The minimum atomic E-state index is -1.10. The van der Waals surface area contributed by atoms with Gasteiger partial charge in [0.2, 0.25) is 11.7 Å². The summed E-state index contributed by atoms with van der Waals surface area (Å²) < 4.78 is 17.9. The summed E-state index contributed by atoms with van der Waals surface area (Å²) in [6, 6.07) is 10.1. The van der Waals surface area contributed by atoms with Crippen LogP contribution in [0, 0.1) is 0 Å². The number of nitrogens with one attached hydrogen (secondary N) is 1. The Labute approximate surface area is 183 Å². The molecule has 164 valence electrons. The van der Waals surface area contributed by atoms with Crippen LogP contribution in [-0.2, 0) is 0 Å². The summed E-state index contributed by atoms with van der Waals surface area (Å²) in [6.07, 6.45) is 3.47. The van der Waals surface area contributed by atoms with Gasteiger partial charge in [-0.3, -0.25) is 0 Å². The molecule has 0 radical (unpaired) electrons. The summed E-state index contributed by atoms with van der Waals surface area (Å²) in [4.78, 5) is 20.4. The third kappa shape index (κ3) is 3.69. The lowest BCUT2D eigenvalue weighted by Gasteiger charge is -2.14. The molecule has 0 fully saturated rings. The Morgan fingerprint density at radius 3 is 2.41 bits per heavy atom. The number of hydrogen-bond acceptors (Lipinski definition) is 8. The van der Waals surface area contributed by atoms with Gasteiger partial charge in [-0.1, -0.05) is 0 Å². The van der Waals surface area contributed by atoms with Crippen LogP contribution in [0.25, 0.3) is 16.7 Å². The third-order valence-electron chi connectivity index (χ3n) is 4.89. The van der Waals surface area contributed by atoms with Gasteiger partial charge in [0.05, 0.1) is 26.9 Å². The van der Waals surface area contributed by atoms with Crippen molar-refractivity contribution in [3.8, 4) is 22.9 Å². The third-order valence-corrected chi connectivity index (χ3v) is 4.89.